The van der Waals surface area contributed by atoms with E-state index in [-0.39, 0.29) is 11.9 Å². The molecule has 0 bridgehead atoms. The Balaban J connectivity index is 1.89. The number of halogens is 1. The lowest BCUT2D eigenvalue weighted by atomic mass is 10.1. The highest BCUT2D eigenvalue weighted by Crippen LogP contribution is 2.19. The number of β-amino-alcohol motifs (C(OH)–C–C–N with tert-alkyl or cyclic N) is 1. The summed E-state index contributed by atoms with van der Waals surface area (Å²) in [7, 11) is 4.06. The lowest BCUT2D eigenvalue weighted by Crippen LogP contribution is -2.38. The third-order valence-corrected chi connectivity index (χ3v) is 4.13. The zero-order chi connectivity index (χ0) is 15.4. The Morgan fingerprint density at radius 1 is 1.38 bits per heavy atom. The molecule has 1 saturated heterocycles. The summed E-state index contributed by atoms with van der Waals surface area (Å²) < 4.78 is 0. The molecule has 0 spiro atoms. The Morgan fingerprint density at radius 2 is 2.05 bits per heavy atom. The van der Waals surface area contributed by atoms with Crippen LogP contribution in [0, 0.1) is 0 Å². The lowest BCUT2D eigenvalue weighted by Gasteiger charge is -2.26. The second kappa shape index (κ2) is 7.36. The molecule has 2 atom stereocenters. The Bertz CT molecular complexity index is 476. The van der Waals surface area contributed by atoms with Crippen LogP contribution in [-0.2, 0) is 0 Å². The van der Waals surface area contributed by atoms with E-state index in [0.717, 1.165) is 13.0 Å². The molecule has 1 fully saturated rings. The smallest absolute Gasteiger partial charge is 0.164 e. The average molecular weight is 311 g/mol. The van der Waals surface area contributed by atoms with Crippen molar-refractivity contribution in [2.24, 2.45) is 0 Å². The van der Waals surface area contributed by atoms with Crippen molar-refractivity contribution in [1.82, 2.24) is 9.80 Å². The van der Waals surface area contributed by atoms with Gasteiger partial charge in [0.15, 0.2) is 5.78 Å². The lowest BCUT2D eigenvalue weighted by molar-refractivity contribution is 0.0952. The van der Waals surface area contributed by atoms with Crippen molar-refractivity contribution in [3.63, 3.8) is 0 Å². The number of ketones is 1. The number of aliphatic hydroxyl groups is 1. The predicted molar refractivity (Wildman–Crippen MR) is 84.9 cm³/mol. The van der Waals surface area contributed by atoms with Gasteiger partial charge in [0, 0.05) is 42.7 Å². The van der Waals surface area contributed by atoms with Crippen LogP contribution in [0.1, 0.15) is 23.2 Å². The molecule has 0 saturated carbocycles. The molecule has 1 N–H and O–H groups in total. The molecule has 5 heteroatoms. The highest BCUT2D eigenvalue weighted by atomic mass is 35.5. The molecule has 1 aromatic carbocycles. The van der Waals surface area contributed by atoms with Gasteiger partial charge in [-0.05, 0) is 44.8 Å². The Morgan fingerprint density at radius 3 is 2.67 bits per heavy atom. The summed E-state index contributed by atoms with van der Waals surface area (Å²) in [5.74, 6) is 0.122. The highest BCUT2D eigenvalue weighted by Gasteiger charge is 2.31. The standard InChI is InChI=1S/C16H23ClN2O2/c1-18(2)10-14-9-15(20)11-19(14)8-7-16(21)12-3-5-13(17)6-4-12/h3-6,14-15,20H,7-11H2,1-2H3. The van der Waals surface area contributed by atoms with E-state index in [1.807, 2.05) is 14.1 Å². The van der Waals surface area contributed by atoms with Gasteiger partial charge >= 0.3 is 0 Å². The van der Waals surface area contributed by atoms with Crippen molar-refractivity contribution in [3.05, 3.63) is 34.9 Å². The molecule has 0 aromatic heterocycles. The van der Waals surface area contributed by atoms with Crippen LogP contribution in [0.2, 0.25) is 5.02 Å². The number of hydrogen-bond acceptors (Lipinski definition) is 4. The minimum Gasteiger partial charge on any atom is -0.392 e. The van der Waals surface area contributed by atoms with Crippen molar-refractivity contribution in [3.8, 4) is 0 Å². The van der Waals surface area contributed by atoms with Gasteiger partial charge in [-0.15, -0.1) is 0 Å². The maximum absolute atomic E-state index is 12.2. The van der Waals surface area contributed by atoms with Gasteiger partial charge in [-0.1, -0.05) is 11.6 Å². The van der Waals surface area contributed by atoms with Crippen LogP contribution in [0.15, 0.2) is 24.3 Å². The van der Waals surface area contributed by atoms with E-state index in [0.29, 0.717) is 36.1 Å². The second-order valence-corrected chi connectivity index (χ2v) is 6.42. The van der Waals surface area contributed by atoms with Crippen LogP contribution in [0.25, 0.3) is 0 Å². The first-order valence-electron chi connectivity index (χ1n) is 7.31. The van der Waals surface area contributed by atoms with Crippen molar-refractivity contribution in [2.45, 2.75) is 25.0 Å². The number of likely N-dealkylation sites (tertiary alicyclic amines) is 1. The van der Waals surface area contributed by atoms with E-state index in [1.54, 1.807) is 24.3 Å². The first-order chi connectivity index (χ1) is 9.95. The molecule has 4 nitrogen and oxygen atoms in total. The fraction of sp³-hybridized carbons (Fsp3) is 0.562. The quantitative estimate of drug-likeness (QED) is 0.815. The van der Waals surface area contributed by atoms with Crippen molar-refractivity contribution >= 4 is 17.4 Å². The van der Waals surface area contributed by atoms with E-state index in [9.17, 15) is 9.90 Å². The molecule has 1 aliphatic heterocycles. The minimum absolute atomic E-state index is 0.122. The van der Waals surface area contributed by atoms with Gasteiger partial charge in [0.2, 0.25) is 0 Å². The van der Waals surface area contributed by atoms with Crippen LogP contribution in [0.4, 0.5) is 0 Å². The SMILES string of the molecule is CN(C)CC1CC(O)CN1CCC(=O)c1ccc(Cl)cc1. The van der Waals surface area contributed by atoms with Crippen molar-refractivity contribution in [2.75, 3.05) is 33.7 Å². The number of carbonyl (C=O) groups excluding carboxylic acids is 1. The molecular formula is C16H23ClN2O2. The van der Waals surface area contributed by atoms with Gasteiger partial charge in [-0.2, -0.15) is 0 Å². The monoisotopic (exact) mass is 310 g/mol. The highest BCUT2D eigenvalue weighted by molar-refractivity contribution is 6.30. The van der Waals surface area contributed by atoms with E-state index in [1.165, 1.54) is 0 Å². The molecule has 2 unspecified atom stereocenters. The van der Waals surface area contributed by atoms with Gasteiger partial charge in [0.25, 0.3) is 0 Å². The normalized spacial score (nSPS) is 22.9. The number of likely N-dealkylation sites (N-methyl/N-ethyl adjacent to an activating group) is 1. The summed E-state index contributed by atoms with van der Waals surface area (Å²) in [6, 6.07) is 7.33. The second-order valence-electron chi connectivity index (χ2n) is 5.98. The van der Waals surface area contributed by atoms with Gasteiger partial charge in [0.1, 0.15) is 0 Å². The molecule has 0 aliphatic carbocycles. The van der Waals surface area contributed by atoms with Gasteiger partial charge in [-0.3, -0.25) is 9.69 Å². The number of hydrogen-bond donors (Lipinski definition) is 1. The summed E-state index contributed by atoms with van der Waals surface area (Å²) in [4.78, 5) is 16.5. The molecule has 1 heterocycles. The first-order valence-corrected chi connectivity index (χ1v) is 7.69. The van der Waals surface area contributed by atoms with E-state index < -0.39 is 0 Å². The number of carbonyl (C=O) groups is 1. The molecule has 21 heavy (non-hydrogen) atoms. The predicted octanol–water partition coefficient (Wildman–Crippen LogP) is 1.91. The third-order valence-electron chi connectivity index (χ3n) is 3.87. The number of Topliss-reactive ketones (excluding diaryl/α,β-unsaturated/α-hetero) is 1. The number of aliphatic hydroxyl groups excluding tert-OH is 1. The van der Waals surface area contributed by atoms with Crippen LogP contribution < -0.4 is 0 Å². The third kappa shape index (κ3) is 4.78. The van der Waals surface area contributed by atoms with Gasteiger partial charge < -0.3 is 10.0 Å². The topological polar surface area (TPSA) is 43.8 Å². The van der Waals surface area contributed by atoms with Crippen LogP contribution in [0.3, 0.4) is 0 Å². The van der Waals surface area contributed by atoms with Crippen LogP contribution in [-0.4, -0.2) is 66.6 Å². The zero-order valence-electron chi connectivity index (χ0n) is 12.6. The maximum Gasteiger partial charge on any atom is 0.164 e. The summed E-state index contributed by atoms with van der Waals surface area (Å²) >= 11 is 5.83. The average Bonchev–Trinajstić information content (AvgIpc) is 2.76. The minimum atomic E-state index is -0.277. The van der Waals surface area contributed by atoms with Crippen LogP contribution in [0.5, 0.6) is 0 Å². The van der Waals surface area contributed by atoms with Gasteiger partial charge in [0.05, 0.1) is 6.10 Å². The Hall–Kier alpha value is -0.940. The molecule has 0 amide bonds. The van der Waals surface area contributed by atoms with Gasteiger partial charge in [-0.25, -0.2) is 0 Å². The molecule has 116 valence electrons. The van der Waals surface area contributed by atoms with Crippen molar-refractivity contribution < 1.29 is 9.90 Å². The number of benzene rings is 1. The molecule has 2 rings (SSSR count). The Kier molecular flexibility index (Phi) is 5.76. The fourth-order valence-corrected chi connectivity index (χ4v) is 2.99. The first kappa shape index (κ1) is 16.4. The fourth-order valence-electron chi connectivity index (χ4n) is 2.87. The van der Waals surface area contributed by atoms with Crippen LogP contribution >= 0.6 is 11.6 Å². The number of nitrogens with zero attached hydrogens (tertiary/aromatic N) is 2. The van der Waals surface area contributed by atoms with Crippen molar-refractivity contribution in [1.29, 1.82) is 0 Å². The summed E-state index contributed by atoms with van der Waals surface area (Å²) in [5.41, 5.74) is 0.698. The Labute approximate surface area is 131 Å². The molecule has 0 radical (unpaired) electrons. The zero-order valence-corrected chi connectivity index (χ0v) is 13.4. The van der Waals surface area contributed by atoms with E-state index in [4.69, 9.17) is 11.6 Å². The molecular weight excluding hydrogens is 288 g/mol. The largest absolute Gasteiger partial charge is 0.392 e. The summed E-state index contributed by atoms with van der Waals surface area (Å²) in [5, 5.41) is 10.5. The molecule has 1 aliphatic rings. The molecule has 1 aromatic rings. The van der Waals surface area contributed by atoms with E-state index in [2.05, 4.69) is 9.80 Å². The van der Waals surface area contributed by atoms with E-state index >= 15 is 0 Å². The summed E-state index contributed by atoms with van der Waals surface area (Å²) in [6.45, 7) is 2.26. The maximum atomic E-state index is 12.2. The summed E-state index contributed by atoms with van der Waals surface area (Å²) in [6.07, 6.45) is 0.978. The number of rotatable bonds is 6.